The lowest BCUT2D eigenvalue weighted by molar-refractivity contribution is 0.335. The number of fused-ring (bicyclic) bond motifs is 1. The minimum Gasteiger partial charge on any atom is -0.364 e. The lowest BCUT2D eigenvalue weighted by Gasteiger charge is -2.37. The average molecular weight is 400 g/mol. The fourth-order valence-corrected chi connectivity index (χ4v) is 4.96. The predicted octanol–water partition coefficient (Wildman–Crippen LogP) is 4.59. The van der Waals surface area contributed by atoms with Gasteiger partial charge in [-0.2, -0.15) is 4.31 Å². The van der Waals surface area contributed by atoms with Gasteiger partial charge in [0.1, 0.15) is 11.1 Å². The fourth-order valence-electron chi connectivity index (χ4n) is 3.28. The van der Waals surface area contributed by atoms with Crippen LogP contribution in [0.2, 0.25) is 0 Å². The van der Waals surface area contributed by atoms with Crippen LogP contribution in [0.1, 0.15) is 22.9 Å². The molecule has 3 aromatic rings. The SMILES string of the molecule is Cc1ccc(CN2[C@@H](c3ccc(F)c(F)c3)Nc3ccccc3S2(=O)=O)cc1. The van der Waals surface area contributed by atoms with E-state index in [4.69, 9.17) is 0 Å². The normalized spacial score (nSPS) is 18.3. The van der Waals surface area contributed by atoms with Gasteiger partial charge in [-0.3, -0.25) is 0 Å². The van der Waals surface area contributed by atoms with Crippen LogP contribution >= 0.6 is 0 Å². The van der Waals surface area contributed by atoms with Gasteiger partial charge >= 0.3 is 0 Å². The first-order chi connectivity index (χ1) is 13.4. The Balaban J connectivity index is 1.83. The zero-order valence-corrected chi connectivity index (χ0v) is 15.9. The number of anilines is 1. The van der Waals surface area contributed by atoms with Gasteiger partial charge in [0.05, 0.1) is 5.69 Å². The summed E-state index contributed by atoms with van der Waals surface area (Å²) in [5, 5.41) is 3.15. The smallest absolute Gasteiger partial charge is 0.247 e. The van der Waals surface area contributed by atoms with Gasteiger partial charge in [-0.25, -0.2) is 17.2 Å². The quantitative estimate of drug-likeness (QED) is 0.700. The molecule has 4 nitrogen and oxygen atoms in total. The number of sulfonamides is 1. The third-order valence-corrected chi connectivity index (χ3v) is 6.64. The highest BCUT2D eigenvalue weighted by Crippen LogP contribution is 2.39. The minimum absolute atomic E-state index is 0.0909. The second kappa shape index (κ2) is 7.00. The maximum atomic E-state index is 13.9. The van der Waals surface area contributed by atoms with E-state index in [1.807, 2.05) is 31.2 Å². The Hall–Kier alpha value is -2.77. The van der Waals surface area contributed by atoms with E-state index in [1.165, 1.54) is 16.4 Å². The van der Waals surface area contributed by atoms with Crippen LogP contribution in [0.3, 0.4) is 0 Å². The van der Waals surface area contributed by atoms with E-state index in [9.17, 15) is 17.2 Å². The summed E-state index contributed by atoms with van der Waals surface area (Å²) in [6.45, 7) is 2.04. The fraction of sp³-hybridized carbons (Fsp3) is 0.143. The Morgan fingerprint density at radius 1 is 0.964 bits per heavy atom. The van der Waals surface area contributed by atoms with Crippen LogP contribution < -0.4 is 5.32 Å². The summed E-state index contributed by atoms with van der Waals surface area (Å²) in [7, 11) is -3.86. The molecule has 3 aromatic carbocycles. The third-order valence-electron chi connectivity index (χ3n) is 4.77. The van der Waals surface area contributed by atoms with Crippen LogP contribution in [0.5, 0.6) is 0 Å². The van der Waals surface area contributed by atoms with Crippen molar-refractivity contribution in [1.82, 2.24) is 4.31 Å². The lowest BCUT2D eigenvalue weighted by Crippen LogP contribution is -2.42. The molecule has 0 saturated heterocycles. The molecule has 0 unspecified atom stereocenters. The topological polar surface area (TPSA) is 49.4 Å². The first-order valence-electron chi connectivity index (χ1n) is 8.74. The lowest BCUT2D eigenvalue weighted by atomic mass is 10.1. The van der Waals surface area contributed by atoms with Crippen molar-refractivity contribution in [2.24, 2.45) is 0 Å². The van der Waals surface area contributed by atoms with Crippen LogP contribution in [0.4, 0.5) is 14.5 Å². The zero-order valence-electron chi connectivity index (χ0n) is 15.1. The molecular formula is C21H18F2N2O2S. The highest BCUT2D eigenvalue weighted by molar-refractivity contribution is 7.89. The molecule has 1 heterocycles. The van der Waals surface area contributed by atoms with Crippen LogP contribution in [0, 0.1) is 18.6 Å². The minimum atomic E-state index is -3.86. The van der Waals surface area contributed by atoms with E-state index in [-0.39, 0.29) is 11.4 Å². The van der Waals surface area contributed by atoms with Crippen LogP contribution in [0.25, 0.3) is 0 Å². The zero-order chi connectivity index (χ0) is 19.9. The van der Waals surface area contributed by atoms with Crippen LogP contribution in [-0.2, 0) is 16.6 Å². The van der Waals surface area contributed by atoms with Gasteiger partial charge in [0.25, 0.3) is 0 Å². The van der Waals surface area contributed by atoms with Crippen LogP contribution in [0.15, 0.2) is 71.6 Å². The van der Waals surface area contributed by atoms with Crippen molar-refractivity contribution < 1.29 is 17.2 Å². The molecular weight excluding hydrogens is 382 g/mol. The molecule has 1 N–H and O–H groups in total. The van der Waals surface area contributed by atoms with Crippen LogP contribution in [-0.4, -0.2) is 12.7 Å². The summed E-state index contributed by atoms with van der Waals surface area (Å²) in [6, 6.07) is 17.5. The molecule has 1 aliphatic rings. The van der Waals surface area contributed by atoms with E-state index < -0.39 is 27.8 Å². The number of para-hydroxylation sites is 1. The van der Waals surface area contributed by atoms with Gasteiger partial charge in [-0.05, 0) is 42.3 Å². The predicted molar refractivity (Wildman–Crippen MR) is 103 cm³/mol. The van der Waals surface area contributed by atoms with Crippen molar-refractivity contribution in [3.8, 4) is 0 Å². The molecule has 7 heteroatoms. The summed E-state index contributed by atoms with van der Waals surface area (Å²) in [6.07, 6.45) is -0.865. The van der Waals surface area contributed by atoms with E-state index in [1.54, 1.807) is 18.2 Å². The number of halogens is 2. The second-order valence-corrected chi connectivity index (χ2v) is 8.61. The summed E-state index contributed by atoms with van der Waals surface area (Å²) in [5.41, 5.74) is 2.61. The van der Waals surface area contributed by atoms with Gasteiger partial charge in [-0.1, -0.05) is 48.0 Å². The molecule has 0 spiro atoms. The molecule has 28 heavy (non-hydrogen) atoms. The van der Waals surface area contributed by atoms with Crippen molar-refractivity contribution in [1.29, 1.82) is 0 Å². The highest BCUT2D eigenvalue weighted by Gasteiger charge is 2.39. The Bertz CT molecular complexity index is 1130. The van der Waals surface area contributed by atoms with Crippen molar-refractivity contribution in [3.63, 3.8) is 0 Å². The molecule has 144 valence electrons. The maximum absolute atomic E-state index is 13.9. The summed E-state index contributed by atoms with van der Waals surface area (Å²) in [4.78, 5) is 0.154. The first-order valence-corrected chi connectivity index (χ1v) is 10.2. The Morgan fingerprint density at radius 3 is 2.39 bits per heavy atom. The van der Waals surface area contributed by atoms with E-state index >= 15 is 0 Å². The molecule has 1 atom stereocenters. The van der Waals surface area contributed by atoms with Crippen molar-refractivity contribution in [2.45, 2.75) is 24.5 Å². The monoisotopic (exact) mass is 400 g/mol. The molecule has 0 radical (unpaired) electrons. The molecule has 0 amide bonds. The Morgan fingerprint density at radius 2 is 1.68 bits per heavy atom. The summed E-state index contributed by atoms with van der Waals surface area (Å²) in [5.74, 6) is -2.00. The van der Waals surface area contributed by atoms with Gasteiger partial charge in [-0.15, -0.1) is 0 Å². The number of nitrogens with zero attached hydrogens (tertiary/aromatic N) is 1. The highest BCUT2D eigenvalue weighted by atomic mass is 32.2. The molecule has 0 fully saturated rings. The molecule has 0 saturated carbocycles. The molecule has 0 bridgehead atoms. The number of aryl methyl sites for hydroxylation is 1. The second-order valence-electron chi connectivity index (χ2n) is 6.75. The number of rotatable bonds is 3. The molecule has 0 aromatic heterocycles. The summed E-state index contributed by atoms with van der Waals surface area (Å²) < 4.78 is 55.2. The van der Waals surface area contributed by atoms with E-state index in [0.717, 1.165) is 23.3 Å². The largest absolute Gasteiger partial charge is 0.364 e. The van der Waals surface area contributed by atoms with E-state index in [0.29, 0.717) is 11.3 Å². The van der Waals surface area contributed by atoms with Gasteiger partial charge in [0.2, 0.25) is 10.0 Å². The maximum Gasteiger partial charge on any atom is 0.247 e. The Labute approximate surface area is 162 Å². The van der Waals surface area contributed by atoms with Crippen molar-refractivity contribution in [2.75, 3.05) is 5.32 Å². The number of nitrogens with one attached hydrogen (secondary N) is 1. The summed E-state index contributed by atoms with van der Waals surface area (Å²) >= 11 is 0. The average Bonchev–Trinajstić information content (AvgIpc) is 2.68. The molecule has 1 aliphatic heterocycles. The number of hydrogen-bond acceptors (Lipinski definition) is 3. The van der Waals surface area contributed by atoms with E-state index in [2.05, 4.69) is 5.32 Å². The number of hydrogen-bond donors (Lipinski definition) is 1. The third kappa shape index (κ3) is 3.27. The Kier molecular flexibility index (Phi) is 4.64. The van der Waals surface area contributed by atoms with Gasteiger partial charge in [0.15, 0.2) is 11.6 Å². The first kappa shape index (κ1) is 18.6. The number of benzene rings is 3. The van der Waals surface area contributed by atoms with Crippen molar-refractivity contribution in [3.05, 3.63) is 95.1 Å². The van der Waals surface area contributed by atoms with Gasteiger partial charge < -0.3 is 5.32 Å². The molecule has 0 aliphatic carbocycles. The standard InChI is InChI=1S/C21H18F2N2O2S/c1-14-6-8-15(9-7-14)13-25-21(16-10-11-17(22)18(23)12-16)24-19-4-2-3-5-20(19)28(25,26)27/h2-12,21,24H,13H2,1H3/t21-/m0/s1. The van der Waals surface area contributed by atoms with Crippen molar-refractivity contribution >= 4 is 15.7 Å². The molecule has 4 rings (SSSR count). The van der Waals surface area contributed by atoms with Gasteiger partial charge in [0, 0.05) is 6.54 Å².